The summed E-state index contributed by atoms with van der Waals surface area (Å²) in [6.45, 7) is 4.34. The highest BCUT2D eigenvalue weighted by molar-refractivity contribution is 9.10. The molecule has 0 saturated carbocycles. The van der Waals surface area contributed by atoms with E-state index >= 15 is 0 Å². The van der Waals surface area contributed by atoms with Crippen molar-refractivity contribution in [1.82, 2.24) is 14.6 Å². The quantitative estimate of drug-likeness (QED) is 0.630. The monoisotopic (exact) mass is 306 g/mol. The zero-order chi connectivity index (χ0) is 12.7. The summed E-state index contributed by atoms with van der Waals surface area (Å²) in [5, 5.41) is 4.34. The van der Waals surface area contributed by atoms with Crippen LogP contribution in [0.15, 0.2) is 35.5 Å². The first-order chi connectivity index (χ1) is 8.69. The van der Waals surface area contributed by atoms with Gasteiger partial charge < -0.3 is 0 Å². The molecule has 0 N–H and O–H groups in total. The largest absolute Gasteiger partial charge is 0.279 e. The van der Waals surface area contributed by atoms with E-state index in [2.05, 4.69) is 32.6 Å². The smallest absolute Gasteiger partial charge is 0.252 e. The van der Waals surface area contributed by atoms with Gasteiger partial charge in [-0.2, -0.15) is 4.98 Å². The number of carbonyl (C=O) groups excluding carboxylic acids is 1. The highest BCUT2D eigenvalue weighted by Gasteiger charge is 2.31. The zero-order valence-corrected chi connectivity index (χ0v) is 11.2. The molecule has 0 spiro atoms. The summed E-state index contributed by atoms with van der Waals surface area (Å²) in [7, 11) is 0. The molecule has 0 bridgehead atoms. The lowest BCUT2D eigenvalue weighted by atomic mass is 10.1. The molecule has 5 nitrogen and oxygen atoms in total. The maximum Gasteiger partial charge on any atom is 0.252 e. The number of hydrogen-bond donors (Lipinski definition) is 0. The number of aromatic nitrogens is 3. The average molecular weight is 307 g/mol. The highest BCUT2D eigenvalue weighted by Crippen LogP contribution is 2.24. The first kappa shape index (κ1) is 11.4. The summed E-state index contributed by atoms with van der Waals surface area (Å²) >= 11 is 3.40. The van der Waals surface area contributed by atoms with Gasteiger partial charge in [-0.05, 0) is 28.1 Å². The van der Waals surface area contributed by atoms with Crippen molar-refractivity contribution in [2.75, 3.05) is 11.4 Å². The van der Waals surface area contributed by atoms with Crippen LogP contribution in [0, 0.1) is 5.92 Å². The number of nitrogens with zero attached hydrogens (tertiary/aromatic N) is 4. The van der Waals surface area contributed by atoms with Crippen molar-refractivity contribution in [2.24, 2.45) is 5.92 Å². The second kappa shape index (κ2) is 4.20. The average Bonchev–Trinajstić information content (AvgIpc) is 2.93. The molecule has 1 saturated heterocycles. The first-order valence-electron chi connectivity index (χ1n) is 5.63. The van der Waals surface area contributed by atoms with Gasteiger partial charge in [0.25, 0.3) is 5.95 Å². The number of carbonyl (C=O) groups is 1. The molecule has 2 aromatic rings. The van der Waals surface area contributed by atoms with Crippen molar-refractivity contribution >= 4 is 33.4 Å². The van der Waals surface area contributed by atoms with Crippen LogP contribution in [0.2, 0.25) is 0 Å². The predicted molar refractivity (Wildman–Crippen MR) is 71.3 cm³/mol. The maximum atomic E-state index is 11.9. The molecule has 3 heterocycles. The second-order valence-corrected chi connectivity index (χ2v) is 5.05. The Hall–Kier alpha value is -1.69. The van der Waals surface area contributed by atoms with Gasteiger partial charge in [-0.3, -0.25) is 9.69 Å². The maximum absolute atomic E-state index is 11.9. The fourth-order valence-electron chi connectivity index (χ4n) is 2.06. The van der Waals surface area contributed by atoms with E-state index < -0.39 is 0 Å². The third-order valence-corrected chi connectivity index (χ3v) is 3.63. The number of fused-ring (bicyclic) bond motifs is 1. The normalized spacial score (nSPS) is 19.7. The highest BCUT2D eigenvalue weighted by atomic mass is 79.9. The Bertz CT molecular complexity index is 636. The van der Waals surface area contributed by atoms with E-state index in [0.717, 1.165) is 4.60 Å². The van der Waals surface area contributed by atoms with Crippen molar-refractivity contribution in [1.29, 1.82) is 0 Å². The Morgan fingerprint density at radius 1 is 1.50 bits per heavy atom. The van der Waals surface area contributed by atoms with Crippen molar-refractivity contribution in [3.8, 4) is 0 Å². The van der Waals surface area contributed by atoms with Crippen LogP contribution >= 0.6 is 15.9 Å². The van der Waals surface area contributed by atoms with Crippen LogP contribution in [-0.4, -0.2) is 27.0 Å². The Morgan fingerprint density at radius 2 is 2.33 bits per heavy atom. The van der Waals surface area contributed by atoms with Crippen molar-refractivity contribution in [3.05, 3.63) is 35.5 Å². The van der Waals surface area contributed by atoms with E-state index in [9.17, 15) is 4.79 Å². The molecule has 0 radical (unpaired) electrons. The molecular weight excluding hydrogens is 296 g/mol. The number of anilines is 1. The van der Waals surface area contributed by atoms with Crippen molar-refractivity contribution in [2.45, 2.75) is 6.42 Å². The minimum absolute atomic E-state index is 0.0481. The molecule has 18 heavy (non-hydrogen) atoms. The van der Waals surface area contributed by atoms with E-state index in [-0.39, 0.29) is 11.8 Å². The van der Waals surface area contributed by atoms with E-state index in [0.29, 0.717) is 24.6 Å². The molecule has 0 aromatic carbocycles. The topological polar surface area (TPSA) is 50.5 Å². The molecule has 1 aliphatic heterocycles. The summed E-state index contributed by atoms with van der Waals surface area (Å²) in [6.07, 6.45) is 2.30. The van der Waals surface area contributed by atoms with Gasteiger partial charge in [-0.1, -0.05) is 12.1 Å². The van der Waals surface area contributed by atoms with Crippen LogP contribution in [0.4, 0.5) is 5.95 Å². The summed E-state index contributed by atoms with van der Waals surface area (Å²) in [4.78, 5) is 17.9. The Morgan fingerprint density at radius 3 is 3.00 bits per heavy atom. The van der Waals surface area contributed by atoms with E-state index in [4.69, 9.17) is 0 Å². The van der Waals surface area contributed by atoms with Crippen molar-refractivity contribution in [3.63, 3.8) is 0 Å². The van der Waals surface area contributed by atoms with Crippen LogP contribution < -0.4 is 4.90 Å². The lowest BCUT2D eigenvalue weighted by Gasteiger charge is -2.09. The fraction of sp³-hybridized carbons (Fsp3) is 0.250. The summed E-state index contributed by atoms with van der Waals surface area (Å²) < 4.78 is 2.48. The van der Waals surface area contributed by atoms with Gasteiger partial charge in [0.15, 0.2) is 5.65 Å². The number of amides is 1. The Labute approximate surface area is 112 Å². The number of pyridine rings is 1. The van der Waals surface area contributed by atoms with Gasteiger partial charge in [-0.25, -0.2) is 4.52 Å². The lowest BCUT2D eigenvalue weighted by molar-refractivity contribution is -0.117. The SMILES string of the molecule is C=CC1CC(=O)N(c2nc3cccc(Br)n3n2)C1. The fourth-order valence-corrected chi connectivity index (χ4v) is 2.48. The Kier molecular flexibility index (Phi) is 2.66. The van der Waals surface area contributed by atoms with Gasteiger partial charge in [0, 0.05) is 18.9 Å². The Balaban J connectivity index is 2.02. The van der Waals surface area contributed by atoms with Crippen LogP contribution in [0.1, 0.15) is 6.42 Å². The van der Waals surface area contributed by atoms with Gasteiger partial charge in [0.05, 0.1) is 0 Å². The number of halogens is 1. The first-order valence-corrected chi connectivity index (χ1v) is 6.42. The molecule has 2 aromatic heterocycles. The van der Waals surface area contributed by atoms with Crippen LogP contribution in [0.5, 0.6) is 0 Å². The van der Waals surface area contributed by atoms with Gasteiger partial charge in [0.1, 0.15) is 4.60 Å². The molecule has 6 heteroatoms. The molecular formula is C12H11BrN4O. The molecule has 0 aliphatic carbocycles. The third kappa shape index (κ3) is 1.73. The lowest BCUT2D eigenvalue weighted by Crippen LogP contribution is -2.25. The van der Waals surface area contributed by atoms with Gasteiger partial charge in [0.2, 0.25) is 5.91 Å². The molecule has 1 aliphatic rings. The van der Waals surface area contributed by atoms with Crippen LogP contribution in [0.3, 0.4) is 0 Å². The molecule has 1 amide bonds. The van der Waals surface area contributed by atoms with Gasteiger partial charge in [-0.15, -0.1) is 11.7 Å². The van der Waals surface area contributed by atoms with Crippen LogP contribution in [0.25, 0.3) is 5.65 Å². The van der Waals surface area contributed by atoms with Crippen LogP contribution in [-0.2, 0) is 4.79 Å². The van der Waals surface area contributed by atoms with E-state index in [1.165, 1.54) is 0 Å². The zero-order valence-electron chi connectivity index (χ0n) is 9.58. The second-order valence-electron chi connectivity index (χ2n) is 4.23. The number of hydrogen-bond acceptors (Lipinski definition) is 3. The molecule has 92 valence electrons. The summed E-state index contributed by atoms with van der Waals surface area (Å²) in [6, 6.07) is 5.62. The summed E-state index contributed by atoms with van der Waals surface area (Å²) in [5.41, 5.74) is 0.717. The molecule has 1 unspecified atom stereocenters. The van der Waals surface area contributed by atoms with E-state index in [1.54, 1.807) is 9.42 Å². The molecule has 3 rings (SSSR count). The number of rotatable bonds is 2. The minimum Gasteiger partial charge on any atom is -0.279 e. The predicted octanol–water partition coefficient (Wildman–Crippen LogP) is 2.03. The van der Waals surface area contributed by atoms with E-state index in [1.807, 2.05) is 24.3 Å². The minimum atomic E-state index is 0.0481. The third-order valence-electron chi connectivity index (χ3n) is 3.03. The van der Waals surface area contributed by atoms with Crippen molar-refractivity contribution < 1.29 is 4.79 Å². The molecule has 1 atom stereocenters. The molecule has 1 fully saturated rings. The van der Waals surface area contributed by atoms with Gasteiger partial charge >= 0.3 is 0 Å². The summed E-state index contributed by atoms with van der Waals surface area (Å²) in [5.74, 6) is 0.690. The standard InChI is InChI=1S/C12H11BrN4O/c1-2-8-6-11(18)16(7-8)12-14-10-5-3-4-9(13)17(10)15-12/h2-5,8H,1,6-7H2.